The second-order valence-electron chi connectivity index (χ2n) is 31.6. The van der Waals surface area contributed by atoms with Crippen molar-refractivity contribution in [1.82, 2.24) is 64.8 Å². The summed E-state index contributed by atoms with van der Waals surface area (Å²) in [6.07, 6.45) is 20.7. The molecule has 0 amide bonds. The zero-order valence-electron chi connectivity index (χ0n) is 70.6. The van der Waals surface area contributed by atoms with Crippen LogP contribution in [0.5, 0.6) is 0 Å². The molecular formula is C98H89Ir5N23-10. The number of hydrogen-bond donors (Lipinski definition) is 0. The Labute approximate surface area is 806 Å². The first-order valence-electron chi connectivity index (χ1n) is 40.0. The summed E-state index contributed by atoms with van der Waals surface area (Å²) in [6.45, 7) is 32.2. The molecule has 0 saturated heterocycles. The van der Waals surface area contributed by atoms with Crippen LogP contribution in [0, 0.1) is 74.5 Å². The molecule has 23 nitrogen and oxygen atoms in total. The topological polar surface area (TPSA) is 200 Å². The van der Waals surface area contributed by atoms with Crippen molar-refractivity contribution in [2.45, 2.75) is 93.9 Å². The van der Waals surface area contributed by atoms with E-state index in [9.17, 15) is 0 Å². The van der Waals surface area contributed by atoms with Gasteiger partial charge < -0.3 is 49.0 Å². The van der Waals surface area contributed by atoms with Gasteiger partial charge in [-0.15, -0.1) is 61.8 Å². The van der Waals surface area contributed by atoms with Crippen LogP contribution < -0.4 is 49.0 Å². The monoisotopic (exact) mass is 2550 g/mol. The Kier molecular flexibility index (Phi) is 33.0. The average Bonchev–Trinajstić information content (AvgIpc) is 1.61. The van der Waals surface area contributed by atoms with E-state index in [0.717, 1.165) is 151 Å². The largest absolute Gasteiger partial charge is 0.477 e. The van der Waals surface area contributed by atoms with Gasteiger partial charge in [-0.05, 0) is 96.2 Å². The minimum absolute atomic E-state index is 0. The number of pyridine rings is 3. The van der Waals surface area contributed by atoms with Crippen LogP contribution in [0.2, 0.25) is 0 Å². The van der Waals surface area contributed by atoms with E-state index in [2.05, 4.69) is 220 Å². The summed E-state index contributed by atoms with van der Waals surface area (Å²) in [5.41, 5.74) is 13.3. The van der Waals surface area contributed by atoms with E-state index < -0.39 is 0 Å². The summed E-state index contributed by atoms with van der Waals surface area (Å²) in [5.74, 6) is 9.56. The van der Waals surface area contributed by atoms with E-state index in [1.165, 1.54) is 0 Å². The van der Waals surface area contributed by atoms with Gasteiger partial charge in [-0.1, -0.05) is 112 Å². The first kappa shape index (κ1) is 95.3. The van der Waals surface area contributed by atoms with Crippen LogP contribution in [0.1, 0.15) is 104 Å². The Bertz CT molecular complexity index is 5230. The van der Waals surface area contributed by atoms with Crippen LogP contribution in [0.25, 0.3) is 0 Å². The Balaban J connectivity index is 0.000000153. The Morgan fingerprint density at radius 3 is 0.889 bits per heavy atom. The van der Waals surface area contributed by atoms with Gasteiger partial charge in [0.05, 0.1) is 22.8 Å². The second kappa shape index (κ2) is 43.7. The quantitative estimate of drug-likeness (QED) is 0.0930. The number of nitrogens with zero attached hydrogens (tertiary/aromatic N) is 23. The van der Waals surface area contributed by atoms with Gasteiger partial charge in [0.2, 0.25) is 0 Å². The molecule has 20 rings (SSSR count). The van der Waals surface area contributed by atoms with Crippen molar-refractivity contribution in [2.24, 2.45) is 10.8 Å². The number of para-hydroxylation sites is 7. The van der Waals surface area contributed by atoms with Crippen molar-refractivity contribution in [1.29, 1.82) is 0 Å². The molecular weight excluding hydrogens is 2460 g/mol. The van der Waals surface area contributed by atoms with E-state index in [-0.39, 0.29) is 111 Å². The number of rotatable bonds is 14. The normalized spacial score (nSPS) is 13.0. The van der Waals surface area contributed by atoms with E-state index in [1.54, 1.807) is 68.2 Å². The first-order chi connectivity index (χ1) is 59.0. The fourth-order valence-electron chi connectivity index (χ4n) is 14.0. The number of aromatic nitrogens is 13. The van der Waals surface area contributed by atoms with Crippen LogP contribution in [0.4, 0.5) is 115 Å². The third-order valence-electron chi connectivity index (χ3n) is 19.4. The molecule has 28 heteroatoms. The summed E-state index contributed by atoms with van der Waals surface area (Å²) in [4.78, 5) is 80.1. The molecule has 0 saturated carbocycles. The number of hydrogen-bond acceptors (Lipinski definition) is 23. The summed E-state index contributed by atoms with van der Waals surface area (Å²) in [7, 11) is 0. The third kappa shape index (κ3) is 22.2. The zero-order chi connectivity index (χ0) is 83.4. The van der Waals surface area contributed by atoms with Gasteiger partial charge in [-0.2, -0.15) is 152 Å². The molecule has 651 valence electrons. The first-order valence-corrected chi connectivity index (χ1v) is 40.0. The van der Waals surface area contributed by atoms with Crippen molar-refractivity contribution in [3.05, 3.63) is 379 Å². The molecule has 8 aromatic heterocycles. The maximum absolute atomic E-state index is 5.23. The number of fused-ring (bicyclic) bond motifs is 5. The molecule has 15 aromatic rings. The van der Waals surface area contributed by atoms with E-state index in [4.69, 9.17) is 19.9 Å². The molecule has 0 unspecified atom stereocenters. The SMILES string of the molecule is CC(C)(C)Cc1nc2c(nc1CC(C)(C)C)N(c1ccccc1)[CH-]N2c1[c-]cccc1.CC(C)c1nc2c(nc1C(C)C)N(c1ccccc1)[CH-]N2c1[c-]cccc1.[Ir].[Ir].[Ir].[Ir].[Ir].[c-]1ccccc1N1[CH-]N(c2ccccn2)c2nccnc21.[c-]1ccccc1N1[CH-]N(c2cccnc2)c2nccnc21.[c-]1ccccc1N1[CH-]N(c2ccncc2)c2nccnc21. The van der Waals surface area contributed by atoms with E-state index >= 15 is 0 Å². The van der Waals surface area contributed by atoms with Crippen molar-refractivity contribution in [2.75, 3.05) is 49.0 Å². The molecule has 5 aliphatic rings. The molecule has 5 aliphatic heterocycles. The van der Waals surface area contributed by atoms with E-state index in [1.807, 2.05) is 231 Å². The summed E-state index contributed by atoms with van der Waals surface area (Å²) in [5, 5.41) is 0. The number of benzene rings is 7. The summed E-state index contributed by atoms with van der Waals surface area (Å²) >= 11 is 0. The maximum atomic E-state index is 5.23. The summed E-state index contributed by atoms with van der Waals surface area (Å²) < 4.78 is 0. The maximum Gasteiger partial charge on any atom is 0.146 e. The number of anilines is 20. The average molecular weight is 2550 g/mol. The van der Waals surface area contributed by atoms with Gasteiger partial charge >= 0.3 is 0 Å². The van der Waals surface area contributed by atoms with Crippen LogP contribution in [0.3, 0.4) is 0 Å². The van der Waals surface area contributed by atoms with Crippen molar-refractivity contribution in [3.63, 3.8) is 0 Å². The second-order valence-corrected chi connectivity index (χ2v) is 31.6. The minimum Gasteiger partial charge on any atom is -0.477 e. The zero-order valence-corrected chi connectivity index (χ0v) is 82.6. The van der Waals surface area contributed by atoms with Gasteiger partial charge in [0.25, 0.3) is 0 Å². The Morgan fingerprint density at radius 1 is 0.262 bits per heavy atom. The fourth-order valence-corrected chi connectivity index (χ4v) is 14.0. The van der Waals surface area contributed by atoms with Crippen LogP contribution in [-0.2, 0) is 113 Å². The van der Waals surface area contributed by atoms with Crippen molar-refractivity contribution in [3.8, 4) is 0 Å². The van der Waals surface area contributed by atoms with Gasteiger partial charge in [0.15, 0.2) is 0 Å². The third-order valence-corrected chi connectivity index (χ3v) is 19.4. The molecule has 126 heavy (non-hydrogen) atoms. The molecule has 5 radical (unpaired) electrons. The summed E-state index contributed by atoms with van der Waals surface area (Å²) in [6, 6.07) is 89.8. The molecule has 7 aromatic carbocycles. The Morgan fingerprint density at radius 2 is 0.556 bits per heavy atom. The molecule has 0 N–H and O–H groups in total. The predicted molar refractivity (Wildman–Crippen MR) is 480 cm³/mol. The predicted octanol–water partition coefficient (Wildman–Crippen LogP) is 22.0. The molecule has 0 fully saturated rings. The molecule has 0 spiro atoms. The van der Waals surface area contributed by atoms with E-state index in [0.29, 0.717) is 11.8 Å². The van der Waals surface area contributed by atoms with Gasteiger partial charge in [-0.3, -0.25) is 9.97 Å². The van der Waals surface area contributed by atoms with Crippen molar-refractivity contribution >= 4 is 115 Å². The van der Waals surface area contributed by atoms with Gasteiger partial charge in [0.1, 0.15) is 64.0 Å². The molecule has 0 bridgehead atoms. The molecule has 0 atom stereocenters. The van der Waals surface area contributed by atoms with Crippen LogP contribution in [0.15, 0.2) is 293 Å². The van der Waals surface area contributed by atoms with Gasteiger partial charge in [-0.25, -0.2) is 54.8 Å². The Hall–Kier alpha value is -11.4. The standard InChI is InChI=1S/C27H32N4.C23H24N4.3C16H11N5.5Ir/c1-26(2,3)17-22-23(18-27(4,5)6)29-25-24(28-22)30(20-13-9-7-10-14-20)19-31(25)21-15-11-8-12-16-21;1-16(2)20-21(17(3)4)25-23-22(24-20)26(18-11-7-5-8-12-18)15-27(23)19-13-9-6-10-14-19;1-2-6-13(7-3-1)20-12-21(14-8-4-5-9-17-14)16-15(20)18-10-11-19-16;1-2-5-13(6-3-1)20-12-21(14-7-4-8-17-11-14)16-15(20)18-9-10-19-16;1-2-4-13(5-3-1)20-12-21(14-6-8-17-9-7-14)16-15(20)18-10-11-19-16;;;;;/h7-15,19H,17-18H2,1-6H3;5-13,15-17H,1-4H3;1-6,8-12H;1-5,7-12H;1-4,6-12H;;;;;/q5*-2;;;;;. The smallest absolute Gasteiger partial charge is 0.146 e. The minimum atomic E-state index is 0. The van der Waals surface area contributed by atoms with Crippen LogP contribution >= 0.6 is 0 Å². The fraction of sp³-hybridized carbons (Fsp3) is 0.163. The van der Waals surface area contributed by atoms with Crippen molar-refractivity contribution < 1.29 is 101 Å². The van der Waals surface area contributed by atoms with Gasteiger partial charge in [0, 0.05) is 191 Å². The molecule has 13 heterocycles. The van der Waals surface area contributed by atoms with Crippen LogP contribution in [-0.4, -0.2) is 64.8 Å². The molecule has 0 aliphatic carbocycles.